The Kier molecular flexibility index (Phi) is 7.80. The van der Waals surface area contributed by atoms with Gasteiger partial charge in [0.05, 0.1) is 17.7 Å². The smallest absolute Gasteiger partial charge is 0.255 e. The van der Waals surface area contributed by atoms with Crippen LogP contribution in [0.1, 0.15) is 22.3 Å². The summed E-state index contributed by atoms with van der Waals surface area (Å²) >= 11 is 5.90. The summed E-state index contributed by atoms with van der Waals surface area (Å²) in [6, 6.07) is 20.9. The Hall–Kier alpha value is -3.00. The van der Waals surface area contributed by atoms with Crippen molar-refractivity contribution in [3.63, 3.8) is 0 Å². The molecule has 0 bridgehead atoms. The van der Waals surface area contributed by atoms with Gasteiger partial charge in [-0.2, -0.15) is 9.41 Å². The van der Waals surface area contributed by atoms with E-state index < -0.39 is 15.9 Å². The molecule has 0 spiro atoms. The third kappa shape index (κ3) is 6.26. The average molecular weight is 470 g/mol. The van der Waals surface area contributed by atoms with Gasteiger partial charge in [-0.1, -0.05) is 65.7 Å². The summed E-state index contributed by atoms with van der Waals surface area (Å²) in [5, 5.41) is 4.38. The Balaban J connectivity index is 1.80. The van der Waals surface area contributed by atoms with Gasteiger partial charge in [-0.25, -0.2) is 13.8 Å². The molecule has 6 nitrogen and oxygen atoms in total. The second kappa shape index (κ2) is 10.5. The molecule has 166 valence electrons. The van der Waals surface area contributed by atoms with Crippen LogP contribution >= 0.6 is 11.6 Å². The number of benzene rings is 3. The molecule has 0 radical (unpaired) electrons. The molecule has 3 aromatic rings. The fourth-order valence-electron chi connectivity index (χ4n) is 2.99. The van der Waals surface area contributed by atoms with E-state index in [1.807, 2.05) is 62.4 Å². The SMILES string of the molecule is Cc1ccc(/C=N\NC(=O)CN(Cc2ccccc2C)S(=O)(=O)c2ccc(Cl)cc2)cc1. The first kappa shape index (κ1) is 23.7. The molecule has 0 aliphatic carbocycles. The Labute approximate surface area is 193 Å². The fraction of sp³-hybridized carbons (Fsp3) is 0.167. The minimum Gasteiger partial charge on any atom is -0.272 e. The van der Waals surface area contributed by atoms with Crippen molar-refractivity contribution in [1.82, 2.24) is 9.73 Å². The molecule has 0 heterocycles. The quantitative estimate of drug-likeness (QED) is 0.394. The zero-order chi connectivity index (χ0) is 23.1. The fourth-order valence-corrected chi connectivity index (χ4v) is 4.49. The van der Waals surface area contributed by atoms with Crippen LogP contribution in [0.4, 0.5) is 0 Å². The highest BCUT2D eigenvalue weighted by Crippen LogP contribution is 2.21. The Morgan fingerprint density at radius 3 is 2.31 bits per heavy atom. The summed E-state index contributed by atoms with van der Waals surface area (Å²) in [6.45, 7) is 3.54. The first-order valence-corrected chi connectivity index (χ1v) is 11.8. The van der Waals surface area contributed by atoms with Gasteiger partial charge in [-0.3, -0.25) is 4.79 Å². The molecular formula is C24H24ClN3O3S. The van der Waals surface area contributed by atoms with Crippen molar-refractivity contribution in [3.8, 4) is 0 Å². The number of halogens is 1. The van der Waals surface area contributed by atoms with Crippen LogP contribution < -0.4 is 5.43 Å². The predicted molar refractivity (Wildman–Crippen MR) is 127 cm³/mol. The average Bonchev–Trinajstić information content (AvgIpc) is 2.76. The predicted octanol–water partition coefficient (Wildman–Crippen LogP) is 4.30. The Bertz CT molecular complexity index is 1210. The monoisotopic (exact) mass is 469 g/mol. The number of carbonyl (C=O) groups excluding carboxylic acids is 1. The number of aryl methyl sites for hydroxylation is 2. The van der Waals surface area contributed by atoms with Gasteiger partial charge in [0.15, 0.2) is 0 Å². The topological polar surface area (TPSA) is 78.8 Å². The van der Waals surface area contributed by atoms with Crippen LogP contribution in [0.5, 0.6) is 0 Å². The van der Waals surface area contributed by atoms with E-state index >= 15 is 0 Å². The van der Waals surface area contributed by atoms with Crippen molar-refractivity contribution in [1.29, 1.82) is 0 Å². The van der Waals surface area contributed by atoms with E-state index in [1.165, 1.54) is 30.5 Å². The van der Waals surface area contributed by atoms with E-state index in [0.717, 1.165) is 26.6 Å². The van der Waals surface area contributed by atoms with Crippen LogP contribution in [0.25, 0.3) is 0 Å². The lowest BCUT2D eigenvalue weighted by molar-refractivity contribution is -0.121. The van der Waals surface area contributed by atoms with E-state index in [9.17, 15) is 13.2 Å². The minimum atomic E-state index is -3.95. The summed E-state index contributed by atoms with van der Waals surface area (Å²) in [5.41, 5.74) is 6.09. The lowest BCUT2D eigenvalue weighted by atomic mass is 10.1. The molecule has 0 aromatic heterocycles. The van der Waals surface area contributed by atoms with E-state index in [-0.39, 0.29) is 18.0 Å². The number of nitrogens with zero attached hydrogens (tertiary/aromatic N) is 2. The largest absolute Gasteiger partial charge is 0.272 e. The van der Waals surface area contributed by atoms with Crippen LogP contribution in [0.15, 0.2) is 82.8 Å². The van der Waals surface area contributed by atoms with E-state index in [4.69, 9.17) is 11.6 Å². The third-order valence-electron chi connectivity index (χ3n) is 4.86. The number of sulfonamides is 1. The zero-order valence-corrected chi connectivity index (χ0v) is 19.4. The van der Waals surface area contributed by atoms with Crippen LogP contribution in [0.3, 0.4) is 0 Å². The van der Waals surface area contributed by atoms with Crippen molar-refractivity contribution >= 4 is 33.7 Å². The molecule has 0 aliphatic rings. The summed E-state index contributed by atoms with van der Waals surface area (Å²) in [6.07, 6.45) is 1.51. The molecule has 0 unspecified atom stereocenters. The molecular weight excluding hydrogens is 446 g/mol. The van der Waals surface area contributed by atoms with Gasteiger partial charge in [-0.15, -0.1) is 0 Å². The first-order chi connectivity index (χ1) is 15.3. The summed E-state index contributed by atoms with van der Waals surface area (Å²) in [7, 11) is -3.95. The number of rotatable bonds is 8. The molecule has 0 saturated carbocycles. The van der Waals surface area contributed by atoms with Gasteiger partial charge in [0.2, 0.25) is 10.0 Å². The molecule has 0 saturated heterocycles. The molecule has 1 N–H and O–H groups in total. The van der Waals surface area contributed by atoms with Crippen LogP contribution in [-0.4, -0.2) is 31.4 Å². The van der Waals surface area contributed by atoms with E-state index in [2.05, 4.69) is 10.5 Å². The molecule has 32 heavy (non-hydrogen) atoms. The highest BCUT2D eigenvalue weighted by molar-refractivity contribution is 7.89. The number of hydrazone groups is 1. The van der Waals surface area contributed by atoms with Gasteiger partial charge in [0.1, 0.15) is 0 Å². The minimum absolute atomic E-state index is 0.0483. The third-order valence-corrected chi connectivity index (χ3v) is 6.92. The molecule has 8 heteroatoms. The number of hydrogen-bond acceptors (Lipinski definition) is 4. The molecule has 3 rings (SSSR count). The Morgan fingerprint density at radius 2 is 1.66 bits per heavy atom. The van der Waals surface area contributed by atoms with Crippen LogP contribution in [-0.2, 0) is 21.4 Å². The van der Waals surface area contributed by atoms with Gasteiger partial charge >= 0.3 is 0 Å². The van der Waals surface area contributed by atoms with Crippen molar-refractivity contribution in [2.75, 3.05) is 6.54 Å². The second-order valence-electron chi connectivity index (χ2n) is 7.36. The molecule has 0 atom stereocenters. The maximum absolute atomic E-state index is 13.3. The molecule has 0 aliphatic heterocycles. The number of hydrogen-bond donors (Lipinski definition) is 1. The standard InChI is InChI=1S/C24H24ClN3O3S/c1-18-7-9-20(10-8-18)15-26-27-24(29)17-28(16-21-6-4-3-5-19(21)2)32(30,31)23-13-11-22(25)12-14-23/h3-15H,16-17H2,1-2H3,(H,27,29)/b26-15-. The molecule has 1 amide bonds. The highest BCUT2D eigenvalue weighted by atomic mass is 35.5. The normalized spacial score (nSPS) is 11.8. The summed E-state index contributed by atoms with van der Waals surface area (Å²) in [4.78, 5) is 12.6. The molecule has 3 aromatic carbocycles. The van der Waals surface area contributed by atoms with Crippen molar-refractivity contribution in [2.45, 2.75) is 25.3 Å². The van der Waals surface area contributed by atoms with Gasteiger partial charge in [0.25, 0.3) is 5.91 Å². The maximum Gasteiger partial charge on any atom is 0.255 e. The van der Waals surface area contributed by atoms with Crippen molar-refractivity contribution in [3.05, 3.63) is 100 Å². The lowest BCUT2D eigenvalue weighted by Gasteiger charge is -2.22. The summed E-state index contributed by atoms with van der Waals surface area (Å²) < 4.78 is 27.7. The van der Waals surface area contributed by atoms with Gasteiger partial charge in [-0.05, 0) is 54.8 Å². The summed E-state index contributed by atoms with van der Waals surface area (Å²) in [5.74, 6) is -0.542. The lowest BCUT2D eigenvalue weighted by Crippen LogP contribution is -2.39. The van der Waals surface area contributed by atoms with Gasteiger partial charge in [0, 0.05) is 11.6 Å². The highest BCUT2D eigenvalue weighted by Gasteiger charge is 2.27. The van der Waals surface area contributed by atoms with E-state index in [0.29, 0.717) is 5.02 Å². The molecule has 0 fully saturated rings. The van der Waals surface area contributed by atoms with Crippen LogP contribution in [0, 0.1) is 13.8 Å². The van der Waals surface area contributed by atoms with Crippen LogP contribution in [0.2, 0.25) is 5.02 Å². The number of nitrogens with one attached hydrogen (secondary N) is 1. The van der Waals surface area contributed by atoms with Crippen molar-refractivity contribution < 1.29 is 13.2 Å². The van der Waals surface area contributed by atoms with Gasteiger partial charge < -0.3 is 0 Å². The van der Waals surface area contributed by atoms with E-state index in [1.54, 1.807) is 0 Å². The maximum atomic E-state index is 13.3. The number of carbonyl (C=O) groups is 1. The Morgan fingerprint density at radius 1 is 1.00 bits per heavy atom. The number of amides is 1. The first-order valence-electron chi connectivity index (χ1n) is 9.94. The zero-order valence-electron chi connectivity index (χ0n) is 17.8. The second-order valence-corrected chi connectivity index (χ2v) is 9.73. The van der Waals surface area contributed by atoms with Crippen molar-refractivity contribution in [2.24, 2.45) is 5.10 Å².